The standard InChI is InChI=1S/C31H42N4O6/c1-9-35(10-2)14-13-32-31(39)28-17(3)27(33-18(28)4)16-25-24-15-23(11-12-26(24)34-30(25)38)41-22(8)29(37)21(7)40-20(6)19(5)36/h11-12,15-16,20-22,33H,9-10,13-14H2,1-8H3,(H,32,39)(H,34,38)/b25-16-/t20?,21-,22?/m0/s1. The molecule has 0 aliphatic carbocycles. The maximum absolute atomic E-state index is 13.0. The lowest BCUT2D eigenvalue weighted by molar-refractivity contribution is -0.144. The number of anilines is 1. The van der Waals surface area contributed by atoms with Crippen molar-refractivity contribution in [1.29, 1.82) is 0 Å². The minimum absolute atomic E-state index is 0.158. The molecule has 3 N–H and O–H groups in total. The molecule has 1 aliphatic rings. The fraction of sp³-hybridized carbons (Fsp3) is 0.484. The maximum Gasteiger partial charge on any atom is 0.256 e. The third-order valence-electron chi connectivity index (χ3n) is 7.47. The lowest BCUT2D eigenvalue weighted by Crippen LogP contribution is -2.37. The normalized spacial score (nSPS) is 15.8. The number of aromatic amines is 1. The Labute approximate surface area is 241 Å². The van der Waals surface area contributed by atoms with Gasteiger partial charge in [0, 0.05) is 35.7 Å². The zero-order valence-electron chi connectivity index (χ0n) is 25.3. The largest absolute Gasteiger partial charge is 0.483 e. The fourth-order valence-corrected chi connectivity index (χ4v) is 4.80. The number of nitrogens with zero attached hydrogens (tertiary/aromatic N) is 1. The van der Waals surface area contributed by atoms with Gasteiger partial charge >= 0.3 is 0 Å². The number of H-pyrrole nitrogens is 1. The van der Waals surface area contributed by atoms with E-state index in [1.807, 2.05) is 13.8 Å². The van der Waals surface area contributed by atoms with E-state index in [1.54, 1.807) is 45.0 Å². The third kappa shape index (κ3) is 7.51. The summed E-state index contributed by atoms with van der Waals surface area (Å²) in [5.41, 5.74) is 4.34. The summed E-state index contributed by atoms with van der Waals surface area (Å²) in [7, 11) is 0. The Morgan fingerprint density at radius 2 is 1.73 bits per heavy atom. The predicted molar refractivity (Wildman–Crippen MR) is 159 cm³/mol. The number of hydrogen-bond donors (Lipinski definition) is 3. The zero-order chi connectivity index (χ0) is 30.4. The van der Waals surface area contributed by atoms with Crippen LogP contribution in [0.25, 0.3) is 11.6 Å². The van der Waals surface area contributed by atoms with Gasteiger partial charge in [-0.3, -0.25) is 19.2 Å². The summed E-state index contributed by atoms with van der Waals surface area (Å²) in [5.74, 6) is -0.493. The molecule has 41 heavy (non-hydrogen) atoms. The van der Waals surface area contributed by atoms with Crippen molar-refractivity contribution in [2.24, 2.45) is 0 Å². The molecule has 2 amide bonds. The Morgan fingerprint density at radius 3 is 2.37 bits per heavy atom. The molecule has 0 bridgehead atoms. The van der Waals surface area contributed by atoms with Crippen molar-refractivity contribution in [2.45, 2.75) is 73.7 Å². The average molecular weight is 567 g/mol. The van der Waals surface area contributed by atoms with Gasteiger partial charge in [-0.1, -0.05) is 13.8 Å². The number of fused-ring (bicyclic) bond motifs is 1. The Balaban J connectivity index is 1.79. The number of hydrogen-bond acceptors (Lipinski definition) is 7. The zero-order valence-corrected chi connectivity index (χ0v) is 25.3. The quantitative estimate of drug-likeness (QED) is 0.296. The molecule has 0 fully saturated rings. The average Bonchev–Trinajstić information content (AvgIpc) is 3.39. The van der Waals surface area contributed by atoms with Crippen LogP contribution in [0.3, 0.4) is 0 Å². The van der Waals surface area contributed by atoms with Crippen molar-refractivity contribution in [3.05, 3.63) is 46.3 Å². The molecule has 1 aromatic heterocycles. The van der Waals surface area contributed by atoms with Crippen molar-refractivity contribution >= 4 is 40.7 Å². The first-order valence-electron chi connectivity index (χ1n) is 14.1. The van der Waals surface area contributed by atoms with Crippen molar-refractivity contribution in [3.8, 4) is 5.75 Å². The lowest BCUT2D eigenvalue weighted by Gasteiger charge is -2.20. The Morgan fingerprint density at radius 1 is 1.05 bits per heavy atom. The molecule has 2 unspecified atom stereocenters. The van der Waals surface area contributed by atoms with E-state index in [2.05, 4.69) is 34.4 Å². The van der Waals surface area contributed by atoms with Crippen LogP contribution < -0.4 is 15.4 Å². The van der Waals surface area contributed by atoms with E-state index in [0.29, 0.717) is 46.1 Å². The summed E-state index contributed by atoms with van der Waals surface area (Å²) < 4.78 is 11.4. The molecule has 0 saturated heterocycles. The van der Waals surface area contributed by atoms with Crippen LogP contribution in [0.1, 0.15) is 74.4 Å². The van der Waals surface area contributed by atoms with Gasteiger partial charge in [-0.05, 0) is 84.5 Å². The molecule has 3 atom stereocenters. The van der Waals surface area contributed by atoms with Crippen LogP contribution in [0.15, 0.2) is 18.2 Å². The van der Waals surface area contributed by atoms with Gasteiger partial charge in [-0.2, -0.15) is 0 Å². The summed E-state index contributed by atoms with van der Waals surface area (Å²) in [5, 5.41) is 5.85. The molecule has 10 heteroatoms. The molecule has 1 aromatic carbocycles. The Bertz CT molecular complexity index is 1340. The van der Waals surface area contributed by atoms with Crippen LogP contribution >= 0.6 is 0 Å². The summed E-state index contributed by atoms with van der Waals surface area (Å²) in [6.07, 6.45) is -0.617. The highest BCUT2D eigenvalue weighted by Gasteiger charge is 2.28. The highest BCUT2D eigenvalue weighted by molar-refractivity contribution is 6.35. The molecule has 1 aliphatic heterocycles. The third-order valence-corrected chi connectivity index (χ3v) is 7.47. The van der Waals surface area contributed by atoms with Crippen LogP contribution in [-0.4, -0.2) is 77.8 Å². The number of carbonyl (C=O) groups is 4. The SMILES string of the molecule is CCN(CC)CCNC(=O)c1c(C)[nH]c(/C=C2\C(=O)Nc3ccc(OC(C)C(=O)[C@H](C)OC(C)C(C)=O)cc32)c1C. The minimum Gasteiger partial charge on any atom is -0.483 e. The van der Waals surface area contributed by atoms with E-state index >= 15 is 0 Å². The molecule has 0 spiro atoms. The molecule has 2 heterocycles. The van der Waals surface area contributed by atoms with Gasteiger partial charge in [0.2, 0.25) is 5.78 Å². The Kier molecular flexibility index (Phi) is 10.6. The first-order valence-corrected chi connectivity index (χ1v) is 14.1. The van der Waals surface area contributed by atoms with Crippen LogP contribution in [-0.2, 0) is 19.1 Å². The molecule has 0 radical (unpaired) electrons. The van der Waals surface area contributed by atoms with Gasteiger partial charge in [0.05, 0.1) is 11.1 Å². The number of ketones is 2. The molecule has 222 valence electrons. The second-order valence-electron chi connectivity index (χ2n) is 10.4. The van der Waals surface area contributed by atoms with Gasteiger partial charge in [-0.15, -0.1) is 0 Å². The summed E-state index contributed by atoms with van der Waals surface area (Å²) in [6.45, 7) is 17.3. The fourth-order valence-electron chi connectivity index (χ4n) is 4.80. The van der Waals surface area contributed by atoms with E-state index < -0.39 is 18.3 Å². The highest BCUT2D eigenvalue weighted by atomic mass is 16.5. The van der Waals surface area contributed by atoms with Gasteiger partial charge in [0.1, 0.15) is 18.0 Å². The number of aryl methyl sites for hydroxylation is 1. The monoisotopic (exact) mass is 566 g/mol. The van der Waals surface area contributed by atoms with Crippen molar-refractivity contribution in [1.82, 2.24) is 15.2 Å². The van der Waals surface area contributed by atoms with E-state index in [0.717, 1.165) is 25.2 Å². The minimum atomic E-state index is -0.837. The van der Waals surface area contributed by atoms with Crippen LogP contribution in [0.2, 0.25) is 0 Å². The molecule has 10 nitrogen and oxygen atoms in total. The highest BCUT2D eigenvalue weighted by Crippen LogP contribution is 2.36. The number of carbonyl (C=O) groups excluding carboxylic acids is 4. The summed E-state index contributed by atoms with van der Waals surface area (Å²) in [4.78, 5) is 55.6. The molecule has 3 rings (SSSR count). The maximum atomic E-state index is 13.0. The number of likely N-dealkylation sites (N-methyl/N-ethyl adjacent to an activating group) is 1. The number of Topliss-reactive ketones (excluding diaryl/α,β-unsaturated/α-hetero) is 2. The van der Waals surface area contributed by atoms with Gasteiger partial charge < -0.3 is 30.0 Å². The molecular weight excluding hydrogens is 524 g/mol. The second kappa shape index (κ2) is 13.7. The smallest absolute Gasteiger partial charge is 0.256 e. The number of nitrogens with one attached hydrogen (secondary N) is 3. The number of rotatable bonds is 14. The van der Waals surface area contributed by atoms with Gasteiger partial charge in [0.15, 0.2) is 11.9 Å². The molecule has 0 saturated carbocycles. The van der Waals surface area contributed by atoms with E-state index in [-0.39, 0.29) is 23.4 Å². The van der Waals surface area contributed by atoms with Crippen LogP contribution in [0.5, 0.6) is 5.75 Å². The van der Waals surface area contributed by atoms with Crippen LogP contribution in [0.4, 0.5) is 5.69 Å². The Hall–Kier alpha value is -3.76. The van der Waals surface area contributed by atoms with E-state index in [9.17, 15) is 19.2 Å². The number of ether oxygens (including phenoxy) is 2. The number of amides is 2. The first kappa shape index (κ1) is 31.8. The van der Waals surface area contributed by atoms with Gasteiger partial charge in [0.25, 0.3) is 11.8 Å². The first-order chi connectivity index (χ1) is 19.4. The van der Waals surface area contributed by atoms with E-state index in [4.69, 9.17) is 9.47 Å². The van der Waals surface area contributed by atoms with Crippen molar-refractivity contribution in [2.75, 3.05) is 31.5 Å². The van der Waals surface area contributed by atoms with Gasteiger partial charge in [-0.25, -0.2) is 0 Å². The van der Waals surface area contributed by atoms with E-state index in [1.165, 1.54) is 6.92 Å². The van der Waals surface area contributed by atoms with Crippen molar-refractivity contribution < 1.29 is 28.7 Å². The van der Waals surface area contributed by atoms with Crippen molar-refractivity contribution in [3.63, 3.8) is 0 Å². The number of benzene rings is 1. The van der Waals surface area contributed by atoms with Crippen LogP contribution in [0, 0.1) is 13.8 Å². The predicted octanol–water partition coefficient (Wildman–Crippen LogP) is 3.91. The topological polar surface area (TPSA) is 130 Å². The summed E-state index contributed by atoms with van der Waals surface area (Å²) >= 11 is 0. The lowest BCUT2D eigenvalue weighted by atomic mass is 10.0. The second-order valence-corrected chi connectivity index (χ2v) is 10.4. The molecule has 2 aromatic rings. The summed E-state index contributed by atoms with van der Waals surface area (Å²) in [6, 6.07) is 5.11. The number of aromatic nitrogens is 1. The molecular formula is C31H42N4O6.